The average Bonchev–Trinajstić information content (AvgIpc) is 2.71. The standard InChI is InChI=1S/C20H27N3O4S/c1-22(2)28(25,26)23-13-6-9-17(15-23)20(24)21-12-14-27-19-11-5-8-16-7-3-4-10-18(16)19/h3-5,7-8,10-11,17H,6,9,12-15H2,1-2H3,(H,21,24)/t17-/m1/s1. The molecule has 0 radical (unpaired) electrons. The molecular weight excluding hydrogens is 378 g/mol. The van der Waals surface area contributed by atoms with Crippen molar-refractivity contribution in [1.29, 1.82) is 0 Å². The van der Waals surface area contributed by atoms with Crippen LogP contribution in [0.5, 0.6) is 5.75 Å². The van der Waals surface area contributed by atoms with Crippen LogP contribution in [0.15, 0.2) is 42.5 Å². The van der Waals surface area contributed by atoms with Crippen LogP contribution >= 0.6 is 0 Å². The lowest BCUT2D eigenvalue weighted by Crippen LogP contribution is -2.49. The highest BCUT2D eigenvalue weighted by Crippen LogP contribution is 2.25. The Hall–Kier alpha value is -2.16. The number of nitrogens with zero attached hydrogens (tertiary/aromatic N) is 2. The van der Waals surface area contributed by atoms with Gasteiger partial charge in [-0.25, -0.2) is 0 Å². The van der Waals surface area contributed by atoms with E-state index >= 15 is 0 Å². The van der Waals surface area contributed by atoms with E-state index in [1.54, 1.807) is 0 Å². The summed E-state index contributed by atoms with van der Waals surface area (Å²) in [6.45, 7) is 1.40. The maximum atomic E-state index is 12.5. The molecule has 1 heterocycles. The largest absolute Gasteiger partial charge is 0.491 e. The molecule has 0 spiro atoms. The van der Waals surface area contributed by atoms with Crippen molar-refractivity contribution in [2.45, 2.75) is 12.8 Å². The molecule has 0 aromatic heterocycles. The molecule has 1 N–H and O–H groups in total. The van der Waals surface area contributed by atoms with Crippen LogP contribution < -0.4 is 10.1 Å². The molecule has 2 aromatic carbocycles. The van der Waals surface area contributed by atoms with Crippen LogP contribution in [-0.2, 0) is 15.0 Å². The summed E-state index contributed by atoms with van der Waals surface area (Å²) in [5.74, 6) is 0.328. The van der Waals surface area contributed by atoms with Crippen molar-refractivity contribution in [2.75, 3.05) is 40.3 Å². The molecule has 2 aromatic rings. The van der Waals surface area contributed by atoms with Gasteiger partial charge in [-0.05, 0) is 24.3 Å². The van der Waals surface area contributed by atoms with Gasteiger partial charge in [-0.1, -0.05) is 36.4 Å². The third-order valence-corrected chi connectivity index (χ3v) is 6.86. The fourth-order valence-electron chi connectivity index (χ4n) is 3.40. The first-order valence-corrected chi connectivity index (χ1v) is 10.8. The average molecular weight is 406 g/mol. The Labute approximate surface area is 166 Å². The van der Waals surface area contributed by atoms with E-state index in [1.165, 1.54) is 22.7 Å². The summed E-state index contributed by atoms with van der Waals surface area (Å²) < 4.78 is 33.0. The number of carbonyl (C=O) groups excluding carboxylic acids is 1. The molecule has 0 bridgehead atoms. The topological polar surface area (TPSA) is 79.0 Å². The van der Waals surface area contributed by atoms with Gasteiger partial charge in [0.05, 0.1) is 12.5 Å². The molecule has 1 saturated heterocycles. The molecular formula is C20H27N3O4S. The van der Waals surface area contributed by atoms with Crippen LogP contribution in [0.4, 0.5) is 0 Å². The minimum absolute atomic E-state index is 0.125. The second kappa shape index (κ2) is 8.89. The lowest BCUT2D eigenvalue weighted by atomic mass is 9.99. The minimum Gasteiger partial charge on any atom is -0.491 e. The summed E-state index contributed by atoms with van der Waals surface area (Å²) in [7, 11) is -0.479. The molecule has 0 saturated carbocycles. The predicted molar refractivity (Wildman–Crippen MR) is 109 cm³/mol. The summed E-state index contributed by atoms with van der Waals surface area (Å²) in [6, 6.07) is 13.9. The molecule has 0 aliphatic carbocycles. The van der Waals surface area contributed by atoms with E-state index in [-0.39, 0.29) is 18.4 Å². The summed E-state index contributed by atoms with van der Waals surface area (Å²) >= 11 is 0. The molecule has 1 atom stereocenters. The molecule has 1 aliphatic rings. The normalized spacial score (nSPS) is 18.3. The first-order chi connectivity index (χ1) is 13.4. The zero-order valence-electron chi connectivity index (χ0n) is 16.3. The van der Waals surface area contributed by atoms with Crippen molar-refractivity contribution in [3.05, 3.63) is 42.5 Å². The Kier molecular flexibility index (Phi) is 6.53. The molecule has 0 unspecified atom stereocenters. The van der Waals surface area contributed by atoms with Crippen LogP contribution in [0.1, 0.15) is 12.8 Å². The summed E-state index contributed by atoms with van der Waals surface area (Å²) in [5, 5.41) is 5.01. The zero-order valence-corrected chi connectivity index (χ0v) is 17.1. The monoisotopic (exact) mass is 405 g/mol. The van der Waals surface area contributed by atoms with Crippen molar-refractivity contribution in [3.63, 3.8) is 0 Å². The smallest absolute Gasteiger partial charge is 0.281 e. The number of carbonyl (C=O) groups is 1. The summed E-state index contributed by atoms with van der Waals surface area (Å²) in [4.78, 5) is 12.5. The molecule has 1 aliphatic heterocycles. The highest BCUT2D eigenvalue weighted by atomic mass is 32.2. The number of nitrogens with one attached hydrogen (secondary N) is 1. The van der Waals surface area contributed by atoms with Crippen LogP contribution in [0.3, 0.4) is 0 Å². The highest BCUT2D eigenvalue weighted by Gasteiger charge is 2.33. The number of hydrogen-bond acceptors (Lipinski definition) is 4. The van der Waals surface area contributed by atoms with Gasteiger partial charge in [0.2, 0.25) is 5.91 Å². The first-order valence-electron chi connectivity index (χ1n) is 9.45. The maximum Gasteiger partial charge on any atom is 0.281 e. The summed E-state index contributed by atoms with van der Waals surface area (Å²) in [6.07, 6.45) is 1.37. The fourth-order valence-corrected chi connectivity index (χ4v) is 4.59. The van der Waals surface area contributed by atoms with Crippen LogP contribution in [0.25, 0.3) is 10.8 Å². The molecule has 1 amide bonds. The Bertz CT molecular complexity index is 925. The third kappa shape index (κ3) is 4.63. The quantitative estimate of drug-likeness (QED) is 0.713. The van der Waals surface area contributed by atoms with Gasteiger partial charge >= 0.3 is 0 Å². The van der Waals surface area contributed by atoms with Crippen LogP contribution in [0, 0.1) is 5.92 Å². The maximum absolute atomic E-state index is 12.5. The SMILES string of the molecule is CN(C)S(=O)(=O)N1CCC[C@@H](C(=O)NCCOc2cccc3ccccc23)C1. The van der Waals surface area contributed by atoms with Gasteiger partial charge in [0.25, 0.3) is 10.2 Å². The van der Waals surface area contributed by atoms with Crippen molar-refractivity contribution >= 4 is 26.9 Å². The lowest BCUT2D eigenvalue weighted by Gasteiger charge is -2.32. The second-order valence-electron chi connectivity index (χ2n) is 7.10. The number of amides is 1. The van der Waals surface area contributed by atoms with E-state index in [2.05, 4.69) is 5.32 Å². The number of piperidine rings is 1. The fraction of sp³-hybridized carbons (Fsp3) is 0.450. The molecule has 3 rings (SSSR count). The molecule has 152 valence electrons. The number of hydrogen-bond donors (Lipinski definition) is 1. The summed E-state index contributed by atoms with van der Waals surface area (Å²) in [5.41, 5.74) is 0. The number of benzene rings is 2. The van der Waals surface area contributed by atoms with E-state index in [4.69, 9.17) is 4.74 Å². The predicted octanol–water partition coefficient (Wildman–Crippen LogP) is 1.85. The van der Waals surface area contributed by atoms with E-state index in [9.17, 15) is 13.2 Å². The second-order valence-corrected chi connectivity index (χ2v) is 9.25. The number of rotatable bonds is 7. The Morgan fingerprint density at radius 2 is 1.96 bits per heavy atom. The zero-order chi connectivity index (χ0) is 20.1. The van der Waals surface area contributed by atoms with E-state index in [0.29, 0.717) is 32.5 Å². The van der Waals surface area contributed by atoms with Gasteiger partial charge in [-0.15, -0.1) is 0 Å². The van der Waals surface area contributed by atoms with Gasteiger partial charge in [0, 0.05) is 32.6 Å². The minimum atomic E-state index is -3.49. The van der Waals surface area contributed by atoms with Crippen molar-refractivity contribution in [3.8, 4) is 5.75 Å². The van der Waals surface area contributed by atoms with Crippen molar-refractivity contribution in [1.82, 2.24) is 13.9 Å². The van der Waals surface area contributed by atoms with Crippen LogP contribution in [-0.4, -0.2) is 63.3 Å². The number of ether oxygens (including phenoxy) is 1. The molecule has 28 heavy (non-hydrogen) atoms. The number of fused-ring (bicyclic) bond motifs is 1. The Morgan fingerprint density at radius 3 is 2.75 bits per heavy atom. The Balaban J connectivity index is 1.50. The van der Waals surface area contributed by atoms with Gasteiger partial charge in [0.15, 0.2) is 0 Å². The molecule has 8 heteroatoms. The van der Waals surface area contributed by atoms with Gasteiger partial charge in [-0.2, -0.15) is 17.0 Å². The lowest BCUT2D eigenvalue weighted by molar-refractivity contribution is -0.126. The van der Waals surface area contributed by atoms with Crippen molar-refractivity contribution in [2.24, 2.45) is 5.92 Å². The van der Waals surface area contributed by atoms with E-state index in [0.717, 1.165) is 16.5 Å². The van der Waals surface area contributed by atoms with Gasteiger partial charge in [-0.3, -0.25) is 4.79 Å². The van der Waals surface area contributed by atoms with E-state index in [1.807, 2.05) is 42.5 Å². The van der Waals surface area contributed by atoms with Crippen LogP contribution in [0.2, 0.25) is 0 Å². The van der Waals surface area contributed by atoms with Gasteiger partial charge in [0.1, 0.15) is 12.4 Å². The van der Waals surface area contributed by atoms with Crippen molar-refractivity contribution < 1.29 is 17.9 Å². The molecule has 1 fully saturated rings. The highest BCUT2D eigenvalue weighted by molar-refractivity contribution is 7.86. The third-order valence-electron chi connectivity index (χ3n) is 4.95. The first kappa shape index (κ1) is 20.6. The Morgan fingerprint density at radius 1 is 1.21 bits per heavy atom. The molecule has 7 nitrogen and oxygen atoms in total. The van der Waals surface area contributed by atoms with Gasteiger partial charge < -0.3 is 10.1 Å². The van der Waals surface area contributed by atoms with E-state index < -0.39 is 10.2 Å².